The third kappa shape index (κ3) is 7.91. The lowest BCUT2D eigenvalue weighted by atomic mass is 9.79. The van der Waals surface area contributed by atoms with Gasteiger partial charge in [0, 0.05) is 26.4 Å². The van der Waals surface area contributed by atoms with Crippen LogP contribution in [-0.4, -0.2) is 46.9 Å². The van der Waals surface area contributed by atoms with E-state index in [9.17, 15) is 0 Å². The van der Waals surface area contributed by atoms with E-state index in [0.717, 1.165) is 50.4 Å². The number of hydrogen-bond donors (Lipinski definition) is 4. The minimum absolute atomic E-state index is 0.331. The lowest BCUT2D eigenvalue weighted by molar-refractivity contribution is 0.131. The van der Waals surface area contributed by atoms with Gasteiger partial charge in [0.1, 0.15) is 0 Å². The summed E-state index contributed by atoms with van der Waals surface area (Å²) in [4.78, 5) is 0. The average molecular weight is 316 g/mol. The molecule has 0 aliphatic heterocycles. The maximum Gasteiger partial charge on any atom is 0.0459 e. The highest BCUT2D eigenvalue weighted by Gasteiger charge is 2.20. The molecule has 2 fully saturated rings. The van der Waals surface area contributed by atoms with Crippen molar-refractivity contribution in [3.63, 3.8) is 0 Å². The van der Waals surface area contributed by atoms with Gasteiger partial charge in [-0.25, -0.2) is 0 Å². The molecule has 0 aromatic carbocycles. The largest absolute Gasteiger partial charge is 0.396 e. The zero-order valence-corrected chi connectivity index (χ0v) is 14.0. The van der Waals surface area contributed by atoms with E-state index >= 15 is 0 Å². The van der Waals surface area contributed by atoms with Crippen molar-refractivity contribution in [1.29, 1.82) is 0 Å². The maximum atomic E-state index is 8.79. The number of rotatable bonds is 6. The first-order chi connectivity index (χ1) is 10.7. The SMILES string of the molecule is OCC1CCC(CO)CC1.OCCC1CCC(CCO)CC1. The van der Waals surface area contributed by atoms with Gasteiger partial charge in [0.25, 0.3) is 0 Å². The zero-order chi connectivity index (χ0) is 16.2. The van der Waals surface area contributed by atoms with E-state index in [2.05, 4.69) is 0 Å². The lowest BCUT2D eigenvalue weighted by Crippen LogP contribution is -2.19. The van der Waals surface area contributed by atoms with Crippen LogP contribution in [0.2, 0.25) is 0 Å². The summed E-state index contributed by atoms with van der Waals surface area (Å²) in [5, 5.41) is 35.1. The number of aliphatic hydroxyl groups is 4. The van der Waals surface area contributed by atoms with Crippen LogP contribution < -0.4 is 0 Å². The summed E-state index contributed by atoms with van der Waals surface area (Å²) in [5.74, 6) is 2.54. The van der Waals surface area contributed by atoms with Gasteiger partial charge in [-0.05, 0) is 62.2 Å². The molecule has 2 saturated carbocycles. The highest BCUT2D eigenvalue weighted by Crippen LogP contribution is 2.32. The van der Waals surface area contributed by atoms with Crippen molar-refractivity contribution < 1.29 is 20.4 Å². The highest BCUT2D eigenvalue weighted by molar-refractivity contribution is 4.72. The Kier molecular flexibility index (Phi) is 11.1. The fourth-order valence-electron chi connectivity index (χ4n) is 3.77. The Labute approximate surface area is 135 Å². The van der Waals surface area contributed by atoms with Crippen molar-refractivity contribution in [3.05, 3.63) is 0 Å². The van der Waals surface area contributed by atoms with Crippen LogP contribution in [0.4, 0.5) is 0 Å². The van der Waals surface area contributed by atoms with Crippen LogP contribution in [0.3, 0.4) is 0 Å². The van der Waals surface area contributed by atoms with Crippen LogP contribution in [0.1, 0.15) is 64.2 Å². The molecule has 0 atom stereocenters. The minimum atomic E-state index is 0.331. The summed E-state index contributed by atoms with van der Waals surface area (Å²) in [5.41, 5.74) is 0. The molecule has 2 aliphatic carbocycles. The highest BCUT2D eigenvalue weighted by atomic mass is 16.3. The van der Waals surface area contributed by atoms with Crippen LogP contribution in [0, 0.1) is 23.7 Å². The molecule has 0 aromatic rings. The van der Waals surface area contributed by atoms with E-state index in [1.807, 2.05) is 0 Å². The Bertz CT molecular complexity index is 217. The Morgan fingerprint density at radius 1 is 0.455 bits per heavy atom. The van der Waals surface area contributed by atoms with Gasteiger partial charge in [0.2, 0.25) is 0 Å². The van der Waals surface area contributed by atoms with Crippen LogP contribution in [0.15, 0.2) is 0 Å². The third-order valence-electron chi connectivity index (χ3n) is 5.52. The monoisotopic (exact) mass is 316 g/mol. The molecule has 0 bridgehead atoms. The molecule has 2 aliphatic rings. The van der Waals surface area contributed by atoms with E-state index in [1.54, 1.807) is 0 Å². The van der Waals surface area contributed by atoms with Crippen molar-refractivity contribution >= 4 is 0 Å². The summed E-state index contributed by atoms with van der Waals surface area (Å²) >= 11 is 0. The topological polar surface area (TPSA) is 80.9 Å². The summed E-state index contributed by atoms with van der Waals surface area (Å²) in [6.45, 7) is 1.35. The first-order valence-electron chi connectivity index (χ1n) is 9.16. The lowest BCUT2D eigenvalue weighted by Gasteiger charge is -2.27. The quantitative estimate of drug-likeness (QED) is 0.606. The smallest absolute Gasteiger partial charge is 0.0459 e. The molecule has 0 radical (unpaired) electrons. The van der Waals surface area contributed by atoms with Crippen molar-refractivity contribution in [2.75, 3.05) is 26.4 Å². The van der Waals surface area contributed by atoms with E-state index in [0.29, 0.717) is 38.3 Å². The van der Waals surface area contributed by atoms with Gasteiger partial charge in [-0.3, -0.25) is 0 Å². The second-order valence-electron chi connectivity index (χ2n) is 7.16. The van der Waals surface area contributed by atoms with Crippen LogP contribution in [-0.2, 0) is 0 Å². The van der Waals surface area contributed by atoms with Crippen LogP contribution >= 0.6 is 0 Å². The van der Waals surface area contributed by atoms with Crippen molar-refractivity contribution in [2.45, 2.75) is 64.2 Å². The van der Waals surface area contributed by atoms with E-state index < -0.39 is 0 Å². The number of aliphatic hydroxyl groups excluding tert-OH is 4. The van der Waals surface area contributed by atoms with Crippen molar-refractivity contribution in [3.8, 4) is 0 Å². The molecule has 0 saturated heterocycles. The number of hydrogen-bond acceptors (Lipinski definition) is 4. The van der Waals surface area contributed by atoms with E-state index in [1.165, 1.54) is 25.7 Å². The Hall–Kier alpha value is -0.160. The molecular weight excluding hydrogens is 280 g/mol. The van der Waals surface area contributed by atoms with Gasteiger partial charge in [-0.1, -0.05) is 25.7 Å². The van der Waals surface area contributed by atoms with E-state index in [4.69, 9.17) is 20.4 Å². The van der Waals surface area contributed by atoms with Gasteiger partial charge < -0.3 is 20.4 Å². The molecule has 4 heteroatoms. The first-order valence-corrected chi connectivity index (χ1v) is 9.16. The Morgan fingerprint density at radius 2 is 0.727 bits per heavy atom. The molecule has 4 N–H and O–H groups in total. The van der Waals surface area contributed by atoms with Gasteiger partial charge in [0.15, 0.2) is 0 Å². The zero-order valence-electron chi connectivity index (χ0n) is 14.0. The summed E-state index contributed by atoms with van der Waals surface area (Å²) < 4.78 is 0. The first kappa shape index (κ1) is 19.9. The molecule has 0 amide bonds. The summed E-state index contributed by atoms with van der Waals surface area (Å²) in [7, 11) is 0. The normalized spacial score (nSPS) is 32.2. The van der Waals surface area contributed by atoms with Gasteiger partial charge in [0.05, 0.1) is 0 Å². The molecule has 22 heavy (non-hydrogen) atoms. The predicted octanol–water partition coefficient (Wildman–Crippen LogP) is 2.33. The standard InChI is InChI=1S/C10H20O2.C8H16O2/c11-7-5-9-1-2-10(4-3-9)6-8-12;9-5-7-1-2-8(6-10)4-3-7/h9-12H,1-8H2;7-10H,1-6H2. The molecule has 132 valence electrons. The second kappa shape index (κ2) is 12.3. The molecule has 0 spiro atoms. The molecule has 0 unspecified atom stereocenters. The minimum Gasteiger partial charge on any atom is -0.396 e. The Balaban J connectivity index is 0.000000224. The van der Waals surface area contributed by atoms with Crippen LogP contribution in [0.25, 0.3) is 0 Å². The van der Waals surface area contributed by atoms with Crippen LogP contribution in [0.5, 0.6) is 0 Å². The molecule has 2 rings (SSSR count). The third-order valence-corrected chi connectivity index (χ3v) is 5.52. The van der Waals surface area contributed by atoms with Gasteiger partial charge >= 0.3 is 0 Å². The fourth-order valence-corrected chi connectivity index (χ4v) is 3.77. The molecule has 0 heterocycles. The van der Waals surface area contributed by atoms with Crippen molar-refractivity contribution in [2.24, 2.45) is 23.7 Å². The van der Waals surface area contributed by atoms with Gasteiger partial charge in [-0.15, -0.1) is 0 Å². The molecule has 4 nitrogen and oxygen atoms in total. The Morgan fingerprint density at radius 3 is 0.955 bits per heavy atom. The van der Waals surface area contributed by atoms with Gasteiger partial charge in [-0.2, -0.15) is 0 Å². The fraction of sp³-hybridized carbons (Fsp3) is 1.00. The van der Waals surface area contributed by atoms with E-state index in [-0.39, 0.29) is 0 Å². The summed E-state index contributed by atoms with van der Waals surface area (Å²) in [6.07, 6.45) is 11.4. The summed E-state index contributed by atoms with van der Waals surface area (Å²) in [6, 6.07) is 0. The van der Waals surface area contributed by atoms with Crippen molar-refractivity contribution in [1.82, 2.24) is 0 Å². The molecule has 0 aromatic heterocycles. The molecular formula is C18H36O4. The second-order valence-corrected chi connectivity index (χ2v) is 7.16. The maximum absolute atomic E-state index is 8.79. The average Bonchev–Trinajstić information content (AvgIpc) is 2.58. The predicted molar refractivity (Wildman–Crippen MR) is 88.5 cm³/mol.